The number of nitrogens with zero attached hydrogens (tertiary/aromatic N) is 4. The summed E-state index contributed by atoms with van der Waals surface area (Å²) in [5.74, 6) is 0. The van der Waals surface area contributed by atoms with Gasteiger partial charge in [0, 0.05) is 60.1 Å². The predicted octanol–water partition coefficient (Wildman–Crippen LogP) is 3.60. The molecule has 138 valence electrons. The molecule has 0 atom stereocenters. The van der Waals surface area contributed by atoms with E-state index in [0.717, 1.165) is 66.9 Å². The minimum atomic E-state index is 0.456. The normalized spacial score (nSPS) is 18.3. The van der Waals surface area contributed by atoms with Crippen LogP contribution in [0.15, 0.2) is 55.1 Å². The summed E-state index contributed by atoms with van der Waals surface area (Å²) >= 11 is 6.06. The van der Waals surface area contributed by atoms with Crippen molar-refractivity contribution in [2.75, 3.05) is 32.8 Å². The summed E-state index contributed by atoms with van der Waals surface area (Å²) in [5, 5.41) is 0.732. The van der Waals surface area contributed by atoms with Crippen LogP contribution in [0.3, 0.4) is 0 Å². The number of rotatable bonds is 5. The van der Waals surface area contributed by atoms with Crippen molar-refractivity contribution in [2.45, 2.75) is 6.54 Å². The van der Waals surface area contributed by atoms with Crippen LogP contribution < -0.4 is 0 Å². The summed E-state index contributed by atoms with van der Waals surface area (Å²) in [7, 11) is 0. The molecule has 6 heteroatoms. The zero-order valence-electron chi connectivity index (χ0n) is 15.0. The zero-order valence-corrected chi connectivity index (χ0v) is 15.8. The molecule has 0 aliphatic carbocycles. The lowest BCUT2D eigenvalue weighted by molar-refractivity contribution is -0.189. The standard InChI is InChI=1S/C21H21ClN4O/c22-18-3-1-16(2-4-18)19-20(17-5-7-23-8-6-17)26(15-24-19)10-9-25-11-21(12-25)13-27-14-21/h1-8,15H,9-14H2. The van der Waals surface area contributed by atoms with Crippen LogP contribution in [0, 0.1) is 5.41 Å². The Morgan fingerprint density at radius 2 is 1.70 bits per heavy atom. The summed E-state index contributed by atoms with van der Waals surface area (Å²) in [5.41, 5.74) is 4.75. The predicted molar refractivity (Wildman–Crippen MR) is 106 cm³/mol. The third kappa shape index (κ3) is 3.16. The molecule has 2 aliphatic heterocycles. The third-order valence-corrected chi connectivity index (χ3v) is 5.75. The quantitative estimate of drug-likeness (QED) is 0.678. The van der Waals surface area contributed by atoms with Crippen LogP contribution in [0.25, 0.3) is 22.5 Å². The molecule has 1 aromatic carbocycles. The number of benzene rings is 1. The molecule has 2 aliphatic rings. The fraction of sp³-hybridized carbons (Fsp3) is 0.333. The Kier molecular flexibility index (Phi) is 4.23. The van der Waals surface area contributed by atoms with Gasteiger partial charge in [-0.15, -0.1) is 0 Å². The first-order valence-electron chi connectivity index (χ1n) is 9.24. The van der Waals surface area contributed by atoms with Crippen LogP contribution in [-0.4, -0.2) is 52.3 Å². The van der Waals surface area contributed by atoms with Gasteiger partial charge in [0.15, 0.2) is 0 Å². The lowest BCUT2D eigenvalue weighted by Gasteiger charge is -2.55. The highest BCUT2D eigenvalue weighted by molar-refractivity contribution is 6.30. The Morgan fingerprint density at radius 1 is 0.963 bits per heavy atom. The first-order valence-corrected chi connectivity index (χ1v) is 9.62. The first-order chi connectivity index (χ1) is 13.2. The van der Waals surface area contributed by atoms with E-state index in [1.165, 1.54) is 0 Å². The number of likely N-dealkylation sites (tertiary alicyclic amines) is 1. The summed E-state index contributed by atoms with van der Waals surface area (Å²) in [6, 6.07) is 11.9. The molecule has 0 amide bonds. The monoisotopic (exact) mass is 380 g/mol. The molecule has 5 rings (SSSR count). The van der Waals surface area contributed by atoms with Crippen LogP contribution in [0.4, 0.5) is 0 Å². The van der Waals surface area contributed by atoms with Crippen molar-refractivity contribution < 1.29 is 4.74 Å². The fourth-order valence-electron chi connectivity index (χ4n) is 4.07. The molecule has 1 spiro atoms. The lowest BCUT2D eigenvalue weighted by atomic mass is 9.78. The highest BCUT2D eigenvalue weighted by Gasteiger charge is 2.48. The van der Waals surface area contributed by atoms with Gasteiger partial charge in [0.05, 0.1) is 30.9 Å². The molecule has 2 saturated heterocycles. The Labute approximate surface area is 163 Å². The van der Waals surface area contributed by atoms with Crippen molar-refractivity contribution in [1.29, 1.82) is 0 Å². The minimum Gasteiger partial charge on any atom is -0.380 e. The Bertz CT molecular complexity index is 927. The van der Waals surface area contributed by atoms with E-state index in [2.05, 4.69) is 14.5 Å². The van der Waals surface area contributed by atoms with E-state index in [1.807, 2.05) is 55.1 Å². The average Bonchev–Trinajstić information content (AvgIpc) is 3.04. The smallest absolute Gasteiger partial charge is 0.0963 e. The number of aromatic nitrogens is 3. The van der Waals surface area contributed by atoms with Gasteiger partial charge in [0.2, 0.25) is 0 Å². The number of hydrogen-bond donors (Lipinski definition) is 0. The number of pyridine rings is 1. The van der Waals surface area contributed by atoms with Crippen LogP contribution in [0.1, 0.15) is 0 Å². The molecule has 4 heterocycles. The van der Waals surface area contributed by atoms with E-state index in [1.54, 1.807) is 0 Å². The molecular formula is C21H21ClN4O. The van der Waals surface area contributed by atoms with Gasteiger partial charge < -0.3 is 14.2 Å². The average molecular weight is 381 g/mol. The maximum atomic E-state index is 6.06. The fourth-order valence-corrected chi connectivity index (χ4v) is 4.19. The second-order valence-electron chi connectivity index (χ2n) is 7.58. The summed E-state index contributed by atoms with van der Waals surface area (Å²) in [6.45, 7) is 6.09. The SMILES string of the molecule is Clc1ccc(-c2ncn(CCN3CC4(COC4)C3)c2-c2ccncc2)cc1. The van der Waals surface area contributed by atoms with Gasteiger partial charge in [-0.2, -0.15) is 0 Å². The topological polar surface area (TPSA) is 43.2 Å². The molecule has 0 unspecified atom stereocenters. The van der Waals surface area contributed by atoms with Crippen molar-refractivity contribution in [3.05, 3.63) is 60.1 Å². The highest BCUT2D eigenvalue weighted by atomic mass is 35.5. The third-order valence-electron chi connectivity index (χ3n) is 5.50. The Morgan fingerprint density at radius 3 is 2.37 bits per heavy atom. The van der Waals surface area contributed by atoms with E-state index in [0.29, 0.717) is 5.41 Å². The highest BCUT2D eigenvalue weighted by Crippen LogP contribution is 2.37. The minimum absolute atomic E-state index is 0.456. The van der Waals surface area contributed by atoms with Crippen molar-refractivity contribution in [1.82, 2.24) is 19.4 Å². The van der Waals surface area contributed by atoms with Gasteiger partial charge in [-0.05, 0) is 24.3 Å². The van der Waals surface area contributed by atoms with Crippen molar-refractivity contribution in [3.8, 4) is 22.5 Å². The molecule has 0 saturated carbocycles. The second kappa shape index (κ2) is 6.75. The molecule has 3 aromatic rings. The molecule has 0 bridgehead atoms. The van der Waals surface area contributed by atoms with Crippen LogP contribution in [0.5, 0.6) is 0 Å². The van der Waals surface area contributed by atoms with Gasteiger partial charge in [-0.1, -0.05) is 23.7 Å². The van der Waals surface area contributed by atoms with Crippen LogP contribution in [0.2, 0.25) is 5.02 Å². The van der Waals surface area contributed by atoms with Crippen molar-refractivity contribution >= 4 is 11.6 Å². The number of ether oxygens (including phenoxy) is 1. The summed E-state index contributed by atoms with van der Waals surface area (Å²) < 4.78 is 7.62. The van der Waals surface area contributed by atoms with E-state index >= 15 is 0 Å². The van der Waals surface area contributed by atoms with E-state index in [4.69, 9.17) is 21.3 Å². The molecular weight excluding hydrogens is 360 g/mol. The van der Waals surface area contributed by atoms with Gasteiger partial charge in [-0.3, -0.25) is 4.98 Å². The number of imidazole rings is 1. The summed E-state index contributed by atoms with van der Waals surface area (Å²) in [6.07, 6.45) is 5.60. The maximum Gasteiger partial charge on any atom is 0.0963 e. The molecule has 5 nitrogen and oxygen atoms in total. The first kappa shape index (κ1) is 16.9. The summed E-state index contributed by atoms with van der Waals surface area (Å²) in [4.78, 5) is 11.4. The largest absolute Gasteiger partial charge is 0.380 e. The molecule has 27 heavy (non-hydrogen) atoms. The van der Waals surface area contributed by atoms with Gasteiger partial charge in [0.25, 0.3) is 0 Å². The Balaban J connectivity index is 1.41. The molecule has 0 N–H and O–H groups in total. The second-order valence-corrected chi connectivity index (χ2v) is 8.02. The van der Waals surface area contributed by atoms with E-state index < -0.39 is 0 Å². The van der Waals surface area contributed by atoms with Gasteiger partial charge in [-0.25, -0.2) is 4.98 Å². The van der Waals surface area contributed by atoms with Gasteiger partial charge >= 0.3 is 0 Å². The Hall–Kier alpha value is -2.21. The van der Waals surface area contributed by atoms with E-state index in [9.17, 15) is 0 Å². The maximum absolute atomic E-state index is 6.06. The van der Waals surface area contributed by atoms with Crippen molar-refractivity contribution in [2.24, 2.45) is 5.41 Å². The van der Waals surface area contributed by atoms with Crippen LogP contribution in [-0.2, 0) is 11.3 Å². The number of halogens is 1. The number of hydrogen-bond acceptors (Lipinski definition) is 4. The molecule has 2 aromatic heterocycles. The van der Waals surface area contributed by atoms with E-state index in [-0.39, 0.29) is 0 Å². The van der Waals surface area contributed by atoms with Crippen LogP contribution >= 0.6 is 11.6 Å². The van der Waals surface area contributed by atoms with Crippen molar-refractivity contribution in [3.63, 3.8) is 0 Å². The molecule has 2 fully saturated rings. The van der Waals surface area contributed by atoms with Gasteiger partial charge in [0.1, 0.15) is 0 Å². The lowest BCUT2D eigenvalue weighted by Crippen LogP contribution is -2.66. The molecule has 0 radical (unpaired) electrons. The zero-order chi connectivity index (χ0) is 18.3.